The summed E-state index contributed by atoms with van der Waals surface area (Å²) in [4.78, 5) is 0. The molecule has 0 fully saturated rings. The van der Waals surface area contributed by atoms with Gasteiger partial charge in [-0.1, -0.05) is 0 Å². The average Bonchev–Trinajstić information content (AvgIpc) is 2.76. The maximum atomic E-state index is 5.72. The molecule has 4 heteroatoms. The van der Waals surface area contributed by atoms with Gasteiger partial charge < -0.3 is 4.74 Å². The van der Waals surface area contributed by atoms with Gasteiger partial charge in [0.25, 0.3) is 0 Å². The van der Waals surface area contributed by atoms with Gasteiger partial charge in [0.05, 0.1) is 12.3 Å². The molecule has 0 unspecified atom stereocenters. The summed E-state index contributed by atoms with van der Waals surface area (Å²) in [7, 11) is 0. The molecule has 0 radical (unpaired) electrons. The SMILES string of the molecule is Cc1n[nH]c(C)c1CCCCCOc1ccc(I)cc1. The fraction of sp³-hybridized carbons (Fsp3) is 0.438. The topological polar surface area (TPSA) is 37.9 Å². The van der Waals surface area contributed by atoms with E-state index in [1.54, 1.807) is 0 Å². The third-order valence-corrected chi connectivity index (χ3v) is 4.15. The van der Waals surface area contributed by atoms with Crippen LogP contribution in [0.1, 0.15) is 36.2 Å². The van der Waals surface area contributed by atoms with Crippen LogP contribution in [0, 0.1) is 17.4 Å². The second kappa shape index (κ2) is 7.67. The van der Waals surface area contributed by atoms with Crippen molar-refractivity contribution in [2.45, 2.75) is 39.5 Å². The number of H-pyrrole nitrogens is 1. The van der Waals surface area contributed by atoms with E-state index >= 15 is 0 Å². The summed E-state index contributed by atoms with van der Waals surface area (Å²) >= 11 is 2.30. The first-order valence-electron chi connectivity index (χ1n) is 7.05. The predicted octanol–water partition coefficient (Wildman–Crippen LogP) is 4.42. The smallest absolute Gasteiger partial charge is 0.119 e. The van der Waals surface area contributed by atoms with Crippen molar-refractivity contribution in [1.82, 2.24) is 10.2 Å². The summed E-state index contributed by atoms with van der Waals surface area (Å²) in [6, 6.07) is 8.20. The van der Waals surface area contributed by atoms with Crippen LogP contribution in [-0.2, 0) is 6.42 Å². The van der Waals surface area contributed by atoms with Crippen molar-refractivity contribution < 1.29 is 4.74 Å². The molecule has 3 nitrogen and oxygen atoms in total. The minimum absolute atomic E-state index is 0.796. The van der Waals surface area contributed by atoms with Crippen molar-refractivity contribution in [3.05, 3.63) is 44.8 Å². The standard InChI is InChI=1S/C16H21IN2O/c1-12-16(13(2)19-18-12)6-4-3-5-11-20-15-9-7-14(17)8-10-15/h7-10H,3-6,11H2,1-2H3,(H,18,19). The lowest BCUT2D eigenvalue weighted by Gasteiger charge is -2.06. The summed E-state index contributed by atoms with van der Waals surface area (Å²) in [5, 5.41) is 7.27. The van der Waals surface area contributed by atoms with Gasteiger partial charge >= 0.3 is 0 Å². The van der Waals surface area contributed by atoms with Crippen molar-refractivity contribution in [3.8, 4) is 5.75 Å². The van der Waals surface area contributed by atoms with Crippen LogP contribution >= 0.6 is 22.6 Å². The van der Waals surface area contributed by atoms with Gasteiger partial charge in [-0.05, 0) is 92.0 Å². The number of ether oxygens (including phenoxy) is 1. The number of hydrogen-bond acceptors (Lipinski definition) is 2. The van der Waals surface area contributed by atoms with E-state index in [-0.39, 0.29) is 0 Å². The van der Waals surface area contributed by atoms with Crippen LogP contribution in [0.15, 0.2) is 24.3 Å². The maximum absolute atomic E-state index is 5.72. The molecule has 1 aromatic carbocycles. The molecular weight excluding hydrogens is 363 g/mol. The Hall–Kier alpha value is -1.04. The summed E-state index contributed by atoms with van der Waals surface area (Å²) in [5.41, 5.74) is 3.72. The van der Waals surface area contributed by atoms with E-state index < -0.39 is 0 Å². The molecule has 0 aliphatic rings. The fourth-order valence-electron chi connectivity index (χ4n) is 2.24. The van der Waals surface area contributed by atoms with Gasteiger partial charge in [0.15, 0.2) is 0 Å². The summed E-state index contributed by atoms with van der Waals surface area (Å²) in [6.07, 6.45) is 4.59. The third kappa shape index (κ3) is 4.51. The van der Waals surface area contributed by atoms with Crippen molar-refractivity contribution in [1.29, 1.82) is 0 Å². The number of nitrogens with one attached hydrogen (secondary N) is 1. The number of nitrogens with zero attached hydrogens (tertiary/aromatic N) is 1. The van der Waals surface area contributed by atoms with E-state index in [9.17, 15) is 0 Å². The summed E-state index contributed by atoms with van der Waals surface area (Å²) in [5.74, 6) is 0.965. The molecule has 1 aromatic heterocycles. The van der Waals surface area contributed by atoms with E-state index in [0.717, 1.165) is 30.9 Å². The van der Waals surface area contributed by atoms with Crippen LogP contribution in [0.4, 0.5) is 0 Å². The molecule has 2 rings (SSSR count). The Bertz CT molecular complexity index is 514. The van der Waals surface area contributed by atoms with Crippen LogP contribution in [0.2, 0.25) is 0 Å². The van der Waals surface area contributed by atoms with Gasteiger partial charge in [0, 0.05) is 9.26 Å². The summed E-state index contributed by atoms with van der Waals surface area (Å²) < 4.78 is 6.96. The Labute approximate surface area is 134 Å². The molecule has 2 aromatic rings. The highest BCUT2D eigenvalue weighted by Crippen LogP contribution is 2.15. The quantitative estimate of drug-likeness (QED) is 0.567. The Morgan fingerprint density at radius 2 is 1.85 bits per heavy atom. The van der Waals surface area contributed by atoms with Gasteiger partial charge in [-0.15, -0.1) is 0 Å². The highest BCUT2D eigenvalue weighted by Gasteiger charge is 2.05. The zero-order chi connectivity index (χ0) is 14.4. The minimum Gasteiger partial charge on any atom is -0.494 e. The van der Waals surface area contributed by atoms with Gasteiger partial charge in [0.2, 0.25) is 0 Å². The van der Waals surface area contributed by atoms with E-state index in [4.69, 9.17) is 4.74 Å². The van der Waals surface area contributed by atoms with E-state index in [0.29, 0.717) is 0 Å². The average molecular weight is 384 g/mol. The van der Waals surface area contributed by atoms with Crippen LogP contribution < -0.4 is 4.74 Å². The van der Waals surface area contributed by atoms with Crippen molar-refractivity contribution in [2.24, 2.45) is 0 Å². The highest BCUT2D eigenvalue weighted by molar-refractivity contribution is 14.1. The maximum Gasteiger partial charge on any atom is 0.119 e. The predicted molar refractivity (Wildman–Crippen MR) is 90.3 cm³/mol. The molecule has 0 atom stereocenters. The zero-order valence-electron chi connectivity index (χ0n) is 12.1. The first-order valence-corrected chi connectivity index (χ1v) is 8.13. The molecule has 0 amide bonds. The van der Waals surface area contributed by atoms with Gasteiger partial charge in [-0.3, -0.25) is 5.10 Å². The Kier molecular flexibility index (Phi) is 5.88. The van der Waals surface area contributed by atoms with Crippen molar-refractivity contribution >= 4 is 22.6 Å². The number of aromatic nitrogens is 2. The molecule has 0 aliphatic heterocycles. The lowest BCUT2D eigenvalue weighted by Crippen LogP contribution is -1.98. The summed E-state index contributed by atoms with van der Waals surface area (Å²) in [6.45, 7) is 4.96. The van der Waals surface area contributed by atoms with Crippen molar-refractivity contribution in [3.63, 3.8) is 0 Å². The second-order valence-electron chi connectivity index (χ2n) is 5.03. The fourth-order valence-corrected chi connectivity index (χ4v) is 2.60. The third-order valence-electron chi connectivity index (χ3n) is 3.43. The highest BCUT2D eigenvalue weighted by atomic mass is 127. The van der Waals surface area contributed by atoms with Crippen molar-refractivity contribution in [2.75, 3.05) is 6.61 Å². The minimum atomic E-state index is 0.796. The zero-order valence-corrected chi connectivity index (χ0v) is 14.2. The number of hydrogen-bond donors (Lipinski definition) is 1. The van der Waals surface area contributed by atoms with Crippen LogP contribution in [0.5, 0.6) is 5.75 Å². The van der Waals surface area contributed by atoms with Crippen LogP contribution in [0.25, 0.3) is 0 Å². The number of halogens is 1. The lowest BCUT2D eigenvalue weighted by atomic mass is 10.1. The first kappa shape index (κ1) is 15.4. The Morgan fingerprint density at radius 1 is 1.10 bits per heavy atom. The number of unbranched alkanes of at least 4 members (excludes halogenated alkanes) is 2. The normalized spacial score (nSPS) is 10.8. The molecule has 108 valence electrons. The largest absolute Gasteiger partial charge is 0.494 e. The number of benzene rings is 1. The second-order valence-corrected chi connectivity index (χ2v) is 6.27. The molecule has 0 aliphatic carbocycles. The molecule has 1 N–H and O–H groups in total. The van der Waals surface area contributed by atoms with Gasteiger partial charge in [0.1, 0.15) is 5.75 Å². The number of rotatable bonds is 7. The molecular formula is C16H21IN2O. The molecule has 0 spiro atoms. The Morgan fingerprint density at radius 3 is 2.50 bits per heavy atom. The molecule has 20 heavy (non-hydrogen) atoms. The van der Waals surface area contributed by atoms with Crippen LogP contribution in [0.3, 0.4) is 0 Å². The number of aryl methyl sites for hydroxylation is 2. The molecule has 0 saturated heterocycles. The van der Waals surface area contributed by atoms with E-state index in [2.05, 4.69) is 58.8 Å². The lowest BCUT2D eigenvalue weighted by molar-refractivity contribution is 0.305. The van der Waals surface area contributed by atoms with Crippen LogP contribution in [-0.4, -0.2) is 16.8 Å². The first-order chi connectivity index (χ1) is 9.66. The molecule has 1 heterocycles. The van der Waals surface area contributed by atoms with Gasteiger partial charge in [-0.2, -0.15) is 5.10 Å². The van der Waals surface area contributed by atoms with Gasteiger partial charge in [-0.25, -0.2) is 0 Å². The van der Waals surface area contributed by atoms with E-state index in [1.165, 1.54) is 27.7 Å². The number of aromatic amines is 1. The molecule has 0 saturated carbocycles. The van der Waals surface area contributed by atoms with E-state index in [1.807, 2.05) is 12.1 Å². The Balaban J connectivity index is 1.61. The monoisotopic (exact) mass is 384 g/mol. The molecule has 0 bridgehead atoms.